The van der Waals surface area contributed by atoms with Crippen molar-refractivity contribution in [3.05, 3.63) is 60.2 Å². The molecule has 0 saturated carbocycles. The van der Waals surface area contributed by atoms with E-state index >= 15 is 0 Å². The number of carbonyl (C=O) groups excluding carboxylic acids is 1. The van der Waals surface area contributed by atoms with Crippen LogP contribution in [0.25, 0.3) is 0 Å². The lowest BCUT2D eigenvalue weighted by Gasteiger charge is -2.25. The number of benzene rings is 2. The molecule has 7 nitrogen and oxygen atoms in total. The van der Waals surface area contributed by atoms with Crippen LogP contribution < -0.4 is 5.32 Å². The quantitative estimate of drug-likeness (QED) is 0.228. The van der Waals surface area contributed by atoms with E-state index in [4.69, 9.17) is 14.6 Å². The Morgan fingerprint density at radius 1 is 1.16 bits per heavy atom. The van der Waals surface area contributed by atoms with Gasteiger partial charge in [0.15, 0.2) is 0 Å². The molecule has 1 heterocycles. The molecule has 1 aliphatic rings. The molecule has 0 aromatic heterocycles. The van der Waals surface area contributed by atoms with Gasteiger partial charge in [-0.2, -0.15) is 0 Å². The van der Waals surface area contributed by atoms with Crippen LogP contribution in [0.1, 0.15) is 38.7 Å². The number of hydrogen-bond donors (Lipinski definition) is 3. The molecule has 0 bridgehead atoms. The predicted molar refractivity (Wildman–Crippen MR) is 150 cm³/mol. The molecule has 1 saturated heterocycles. The molecule has 3 N–H and O–H groups in total. The summed E-state index contributed by atoms with van der Waals surface area (Å²) in [6.07, 6.45) is 3.65. The van der Waals surface area contributed by atoms with Gasteiger partial charge in [-0.3, -0.25) is 4.79 Å². The smallest absolute Gasteiger partial charge is 0.293 e. The zero-order valence-electron chi connectivity index (χ0n) is 22.4. The van der Waals surface area contributed by atoms with Gasteiger partial charge < -0.3 is 25.0 Å². The van der Waals surface area contributed by atoms with Crippen LogP contribution in [0.4, 0.5) is 0 Å². The number of nitrogens with one attached hydrogen (secondary N) is 1. The van der Waals surface area contributed by atoms with Gasteiger partial charge in [-0.25, -0.2) is 4.31 Å². The van der Waals surface area contributed by atoms with Crippen molar-refractivity contribution < 1.29 is 24.5 Å². The highest BCUT2D eigenvalue weighted by Crippen LogP contribution is 2.26. The number of phenols is 1. The van der Waals surface area contributed by atoms with E-state index < -0.39 is 0 Å². The van der Waals surface area contributed by atoms with E-state index in [-0.39, 0.29) is 18.6 Å². The third-order valence-electron chi connectivity index (χ3n) is 6.20. The van der Waals surface area contributed by atoms with E-state index in [2.05, 4.69) is 53.8 Å². The minimum Gasteiger partial charge on any atom is -0.508 e. The second-order valence-electron chi connectivity index (χ2n) is 9.77. The molecule has 3 atom stereocenters. The van der Waals surface area contributed by atoms with Gasteiger partial charge >= 0.3 is 0 Å². The van der Waals surface area contributed by atoms with Gasteiger partial charge in [0.25, 0.3) is 6.47 Å². The molecular weight excluding hydrogens is 488 g/mol. The average Bonchev–Trinajstić information content (AvgIpc) is 3.34. The van der Waals surface area contributed by atoms with Crippen LogP contribution in [-0.2, 0) is 20.7 Å². The molecule has 37 heavy (non-hydrogen) atoms. The summed E-state index contributed by atoms with van der Waals surface area (Å²) in [4.78, 5) is 11.2. The van der Waals surface area contributed by atoms with Crippen molar-refractivity contribution in [3.8, 4) is 5.75 Å². The maximum Gasteiger partial charge on any atom is 0.293 e. The van der Waals surface area contributed by atoms with Gasteiger partial charge in [-0.1, -0.05) is 44.2 Å². The minimum absolute atomic E-state index is 0.103. The van der Waals surface area contributed by atoms with Crippen LogP contribution in [0.2, 0.25) is 0 Å². The van der Waals surface area contributed by atoms with Crippen molar-refractivity contribution in [3.63, 3.8) is 0 Å². The van der Waals surface area contributed by atoms with Gasteiger partial charge in [0.1, 0.15) is 11.9 Å². The molecule has 206 valence electrons. The number of hydrogen-bond acceptors (Lipinski definition) is 8. The number of aromatic hydroxyl groups is 1. The van der Waals surface area contributed by atoms with Crippen LogP contribution in [-0.4, -0.2) is 73.1 Å². The Morgan fingerprint density at radius 2 is 1.89 bits per heavy atom. The standard InChI is InChI=1S/C21H30N2OS.C8H14O4/c1-17(2)16-23(25-21-11-9-20(24)10-12-21)14-13-19(22-3)15-18-7-5-4-6-8-18;9-3-1-2-7-4-11-5-8(7)12-6-10/h4-12,17,19,22,24H,13-16H2,1-3H3;6-9H,1-5H2/t19-;7-,8+/m11/s1. The maximum atomic E-state index is 10.1. The van der Waals surface area contributed by atoms with Gasteiger partial charge in [-0.05, 0) is 80.4 Å². The first kappa shape index (κ1) is 31.1. The number of likely N-dealkylation sites (N-methyl/N-ethyl adjacent to an activating group) is 1. The summed E-state index contributed by atoms with van der Waals surface area (Å²) in [7, 11) is 2.05. The van der Waals surface area contributed by atoms with E-state index in [0.29, 0.717) is 37.4 Å². The lowest BCUT2D eigenvalue weighted by atomic mass is 10.0. The average molecular weight is 533 g/mol. The summed E-state index contributed by atoms with van der Waals surface area (Å²) in [5, 5.41) is 21.5. The van der Waals surface area contributed by atoms with Gasteiger partial charge in [0.2, 0.25) is 0 Å². The maximum absolute atomic E-state index is 10.1. The Kier molecular flexibility index (Phi) is 15.3. The number of nitrogens with zero attached hydrogens (tertiary/aromatic N) is 1. The molecule has 0 unspecified atom stereocenters. The molecular formula is C29H44N2O5S. The molecule has 2 aromatic carbocycles. The summed E-state index contributed by atoms with van der Waals surface area (Å²) in [6, 6.07) is 18.6. The predicted octanol–water partition coefficient (Wildman–Crippen LogP) is 4.53. The number of aliphatic hydroxyl groups excluding tert-OH is 1. The minimum atomic E-state index is -0.103. The largest absolute Gasteiger partial charge is 0.508 e. The fourth-order valence-corrected chi connectivity index (χ4v) is 5.33. The van der Waals surface area contributed by atoms with Crippen LogP contribution in [0, 0.1) is 11.8 Å². The molecule has 2 aromatic rings. The number of ether oxygens (including phenoxy) is 2. The molecule has 1 fully saturated rings. The second-order valence-corrected chi connectivity index (χ2v) is 10.9. The van der Waals surface area contributed by atoms with Crippen LogP contribution in [0.15, 0.2) is 59.5 Å². The summed E-state index contributed by atoms with van der Waals surface area (Å²) in [5.41, 5.74) is 1.38. The molecule has 0 aliphatic carbocycles. The monoisotopic (exact) mass is 532 g/mol. The Bertz CT molecular complexity index is 853. The van der Waals surface area contributed by atoms with Gasteiger partial charge in [-0.15, -0.1) is 0 Å². The van der Waals surface area contributed by atoms with Crippen molar-refractivity contribution >= 4 is 18.4 Å². The molecule has 0 amide bonds. The van der Waals surface area contributed by atoms with E-state index in [1.807, 2.05) is 19.2 Å². The first-order valence-corrected chi connectivity index (χ1v) is 13.9. The zero-order valence-corrected chi connectivity index (χ0v) is 23.2. The van der Waals surface area contributed by atoms with Crippen molar-refractivity contribution in [2.45, 2.75) is 56.6 Å². The second kappa shape index (κ2) is 18.2. The normalized spacial score (nSPS) is 17.9. The number of aliphatic hydroxyl groups is 1. The van der Waals surface area contributed by atoms with E-state index in [9.17, 15) is 9.90 Å². The molecule has 1 aliphatic heterocycles. The third kappa shape index (κ3) is 12.8. The first-order chi connectivity index (χ1) is 17.9. The topological polar surface area (TPSA) is 91.3 Å². The molecule has 0 spiro atoms. The Hall–Kier alpha value is -2.10. The highest BCUT2D eigenvalue weighted by Gasteiger charge is 2.28. The van der Waals surface area contributed by atoms with Crippen molar-refractivity contribution in [2.75, 3.05) is 40.0 Å². The SMILES string of the molecule is CN[C@H](CCN(CC(C)C)Sc1ccc(O)cc1)Cc1ccccc1.O=CO[C@H]1COC[C@H]1CCCO. The van der Waals surface area contributed by atoms with E-state index in [0.717, 1.165) is 38.8 Å². The molecule has 8 heteroatoms. The molecule has 0 radical (unpaired) electrons. The Morgan fingerprint density at radius 3 is 2.51 bits per heavy atom. The van der Waals surface area contributed by atoms with Crippen molar-refractivity contribution in [1.82, 2.24) is 9.62 Å². The Balaban J connectivity index is 0.000000335. The number of phenolic OH excluding ortho intramolecular Hbond substituents is 1. The van der Waals surface area contributed by atoms with Gasteiger partial charge in [0, 0.05) is 36.6 Å². The van der Waals surface area contributed by atoms with E-state index in [1.165, 1.54) is 10.5 Å². The summed E-state index contributed by atoms with van der Waals surface area (Å²) >= 11 is 1.78. The zero-order chi connectivity index (χ0) is 26.9. The Labute approximate surface area is 226 Å². The van der Waals surface area contributed by atoms with E-state index in [1.54, 1.807) is 24.1 Å². The van der Waals surface area contributed by atoms with Crippen LogP contribution in [0.5, 0.6) is 5.75 Å². The summed E-state index contributed by atoms with van der Waals surface area (Å²) in [5.74, 6) is 1.20. The fraction of sp³-hybridized carbons (Fsp3) is 0.552. The highest BCUT2D eigenvalue weighted by atomic mass is 32.2. The van der Waals surface area contributed by atoms with Crippen molar-refractivity contribution in [1.29, 1.82) is 0 Å². The third-order valence-corrected chi connectivity index (χ3v) is 7.28. The molecule has 3 rings (SSSR count). The first-order valence-electron chi connectivity index (χ1n) is 13.2. The highest BCUT2D eigenvalue weighted by molar-refractivity contribution is 7.97. The lowest BCUT2D eigenvalue weighted by Crippen LogP contribution is -2.32. The summed E-state index contributed by atoms with van der Waals surface area (Å²) < 4.78 is 12.4. The summed E-state index contributed by atoms with van der Waals surface area (Å²) in [6.45, 7) is 8.37. The van der Waals surface area contributed by atoms with Crippen LogP contribution in [0.3, 0.4) is 0 Å². The number of carbonyl (C=O) groups is 1. The fourth-order valence-electron chi connectivity index (χ4n) is 4.21. The number of rotatable bonds is 15. The van der Waals surface area contributed by atoms with Crippen molar-refractivity contribution in [2.24, 2.45) is 11.8 Å². The van der Waals surface area contributed by atoms with Crippen LogP contribution >= 0.6 is 11.9 Å². The van der Waals surface area contributed by atoms with Gasteiger partial charge in [0.05, 0.1) is 13.2 Å². The lowest BCUT2D eigenvalue weighted by molar-refractivity contribution is -0.135.